The molecule has 0 radical (unpaired) electrons. The molecule has 160 valence electrons. The lowest BCUT2D eigenvalue weighted by Gasteiger charge is -2.10. The Kier molecular flexibility index (Phi) is 7.48. The second-order valence-corrected chi connectivity index (χ2v) is 6.47. The number of methoxy groups -OCH3 is 1. The minimum Gasteiger partial charge on any atom is -0.493 e. The molecule has 2 aromatic carbocycles. The summed E-state index contributed by atoms with van der Waals surface area (Å²) in [5, 5.41) is 5.53. The molecule has 0 saturated carbocycles. The minimum atomic E-state index is -0.361. The van der Waals surface area contributed by atoms with Crippen molar-refractivity contribution in [2.24, 2.45) is 0 Å². The van der Waals surface area contributed by atoms with Gasteiger partial charge in [-0.25, -0.2) is 0 Å². The average molecular weight is 420 g/mol. The fraction of sp³-hybridized carbons (Fsp3) is 0.167. The van der Waals surface area contributed by atoms with E-state index in [9.17, 15) is 9.59 Å². The van der Waals surface area contributed by atoms with Gasteiger partial charge in [-0.1, -0.05) is 18.2 Å². The largest absolute Gasteiger partial charge is 0.493 e. The number of hydrogen-bond acceptors (Lipinski definition) is 5. The second kappa shape index (κ2) is 10.7. The van der Waals surface area contributed by atoms with E-state index in [-0.39, 0.29) is 18.4 Å². The Bertz CT molecular complexity index is 1060. The van der Waals surface area contributed by atoms with Gasteiger partial charge in [0, 0.05) is 6.08 Å². The molecule has 0 saturated heterocycles. The molecular formula is C24H24N2O5. The monoisotopic (exact) mass is 420 g/mol. The predicted octanol–water partition coefficient (Wildman–Crippen LogP) is 4.27. The third kappa shape index (κ3) is 5.99. The average Bonchev–Trinajstić information content (AvgIpc) is 3.30. The molecule has 0 bridgehead atoms. The number of anilines is 1. The van der Waals surface area contributed by atoms with Crippen molar-refractivity contribution in [3.05, 3.63) is 83.8 Å². The lowest BCUT2D eigenvalue weighted by Crippen LogP contribution is -2.24. The maximum atomic E-state index is 12.5. The van der Waals surface area contributed by atoms with Crippen LogP contribution in [0.4, 0.5) is 5.69 Å². The summed E-state index contributed by atoms with van der Waals surface area (Å²) >= 11 is 0. The summed E-state index contributed by atoms with van der Waals surface area (Å²) in [7, 11) is 1.57. The SMILES string of the molecule is CCOc1cc(/C=C/C(=O)Nc2ccccc2C(=O)NCc2ccco2)ccc1OC. The van der Waals surface area contributed by atoms with Gasteiger partial charge in [0.25, 0.3) is 5.91 Å². The van der Waals surface area contributed by atoms with Crippen molar-refractivity contribution in [3.8, 4) is 11.5 Å². The van der Waals surface area contributed by atoms with E-state index in [1.165, 1.54) is 6.08 Å². The number of nitrogens with one attached hydrogen (secondary N) is 2. The second-order valence-electron chi connectivity index (χ2n) is 6.47. The van der Waals surface area contributed by atoms with Crippen molar-refractivity contribution in [1.82, 2.24) is 5.32 Å². The highest BCUT2D eigenvalue weighted by atomic mass is 16.5. The van der Waals surface area contributed by atoms with Crippen molar-refractivity contribution in [2.75, 3.05) is 19.0 Å². The Balaban J connectivity index is 1.66. The van der Waals surface area contributed by atoms with Crippen molar-refractivity contribution in [1.29, 1.82) is 0 Å². The minimum absolute atomic E-state index is 0.258. The third-order valence-corrected chi connectivity index (χ3v) is 4.35. The van der Waals surface area contributed by atoms with Crippen LogP contribution in [0.2, 0.25) is 0 Å². The summed E-state index contributed by atoms with van der Waals surface area (Å²) in [5.74, 6) is 1.20. The highest BCUT2D eigenvalue weighted by Crippen LogP contribution is 2.28. The molecule has 0 spiro atoms. The molecule has 7 nitrogen and oxygen atoms in total. The molecule has 1 aromatic heterocycles. The highest BCUT2D eigenvalue weighted by molar-refractivity contribution is 6.07. The Morgan fingerprint density at radius 3 is 2.65 bits per heavy atom. The molecule has 0 aliphatic rings. The van der Waals surface area contributed by atoms with Gasteiger partial charge in [0.2, 0.25) is 5.91 Å². The Labute approximate surface area is 180 Å². The zero-order valence-electron chi connectivity index (χ0n) is 17.4. The van der Waals surface area contributed by atoms with Crippen molar-refractivity contribution in [3.63, 3.8) is 0 Å². The molecular weight excluding hydrogens is 396 g/mol. The standard InChI is InChI=1S/C24H24N2O5/c1-3-30-22-15-17(10-12-21(22)29-2)11-13-23(27)26-20-9-5-4-8-19(20)24(28)25-16-18-7-6-14-31-18/h4-15H,3,16H2,1-2H3,(H,25,28)(H,26,27)/b13-11+. The Morgan fingerprint density at radius 1 is 1.06 bits per heavy atom. The Morgan fingerprint density at radius 2 is 1.90 bits per heavy atom. The van der Waals surface area contributed by atoms with Crippen molar-refractivity contribution >= 4 is 23.6 Å². The van der Waals surface area contributed by atoms with Crippen LogP contribution < -0.4 is 20.1 Å². The van der Waals surface area contributed by atoms with Crippen LogP contribution in [0.3, 0.4) is 0 Å². The summed E-state index contributed by atoms with van der Waals surface area (Å²) in [6, 6.07) is 15.7. The van der Waals surface area contributed by atoms with Crippen LogP contribution in [-0.2, 0) is 11.3 Å². The first-order valence-corrected chi connectivity index (χ1v) is 9.80. The first-order valence-electron chi connectivity index (χ1n) is 9.80. The van der Waals surface area contributed by atoms with E-state index in [1.54, 1.807) is 68.0 Å². The predicted molar refractivity (Wildman–Crippen MR) is 118 cm³/mol. The summed E-state index contributed by atoms with van der Waals surface area (Å²) < 4.78 is 16.0. The molecule has 2 N–H and O–H groups in total. The van der Waals surface area contributed by atoms with Crippen LogP contribution in [0, 0.1) is 0 Å². The van der Waals surface area contributed by atoms with Crippen molar-refractivity contribution < 1.29 is 23.5 Å². The van der Waals surface area contributed by atoms with E-state index >= 15 is 0 Å². The lowest BCUT2D eigenvalue weighted by atomic mass is 10.1. The number of carbonyl (C=O) groups is 2. The molecule has 0 atom stereocenters. The highest BCUT2D eigenvalue weighted by Gasteiger charge is 2.12. The molecule has 3 rings (SSSR count). The zero-order chi connectivity index (χ0) is 22.1. The van der Waals surface area contributed by atoms with Gasteiger partial charge in [0.15, 0.2) is 11.5 Å². The number of hydrogen-bond donors (Lipinski definition) is 2. The number of rotatable bonds is 9. The number of benzene rings is 2. The van der Waals surface area contributed by atoms with E-state index in [4.69, 9.17) is 13.9 Å². The fourth-order valence-corrected chi connectivity index (χ4v) is 2.88. The van der Waals surface area contributed by atoms with Crippen molar-refractivity contribution in [2.45, 2.75) is 13.5 Å². The number of amides is 2. The normalized spacial score (nSPS) is 10.6. The first kappa shape index (κ1) is 21.7. The molecule has 31 heavy (non-hydrogen) atoms. The van der Waals surface area contributed by atoms with Gasteiger partial charge >= 0.3 is 0 Å². The fourth-order valence-electron chi connectivity index (χ4n) is 2.88. The first-order chi connectivity index (χ1) is 15.1. The van der Waals surface area contributed by atoms with E-state index < -0.39 is 0 Å². The van der Waals surface area contributed by atoms with Gasteiger partial charge in [-0.05, 0) is 55.0 Å². The van der Waals surface area contributed by atoms with Gasteiger partial charge in [-0.3, -0.25) is 9.59 Å². The molecule has 7 heteroatoms. The van der Waals surface area contributed by atoms with E-state index in [0.29, 0.717) is 35.1 Å². The van der Waals surface area contributed by atoms with Crippen LogP contribution in [0.25, 0.3) is 6.08 Å². The third-order valence-electron chi connectivity index (χ3n) is 4.35. The maximum Gasteiger partial charge on any atom is 0.253 e. The molecule has 1 heterocycles. The van der Waals surface area contributed by atoms with E-state index in [2.05, 4.69) is 10.6 Å². The summed E-state index contributed by atoms with van der Waals surface area (Å²) in [4.78, 5) is 25.0. The zero-order valence-corrected chi connectivity index (χ0v) is 17.4. The number of ether oxygens (including phenoxy) is 2. The lowest BCUT2D eigenvalue weighted by molar-refractivity contribution is -0.111. The van der Waals surface area contributed by atoms with Gasteiger partial charge in [0.1, 0.15) is 5.76 Å². The number of furan rings is 1. The number of carbonyl (C=O) groups excluding carboxylic acids is 2. The van der Waals surface area contributed by atoms with Crippen LogP contribution in [0.5, 0.6) is 11.5 Å². The molecule has 3 aromatic rings. The van der Waals surface area contributed by atoms with Gasteiger partial charge in [-0.2, -0.15) is 0 Å². The molecule has 0 aliphatic carbocycles. The number of para-hydroxylation sites is 1. The molecule has 0 fully saturated rings. The van der Waals surface area contributed by atoms with Gasteiger partial charge in [0.05, 0.1) is 37.8 Å². The smallest absolute Gasteiger partial charge is 0.253 e. The summed E-state index contributed by atoms with van der Waals surface area (Å²) in [6.45, 7) is 2.65. The summed E-state index contributed by atoms with van der Waals surface area (Å²) in [5.41, 5.74) is 1.56. The van der Waals surface area contributed by atoms with Crippen LogP contribution in [0.15, 0.2) is 71.4 Å². The molecule has 0 aliphatic heterocycles. The van der Waals surface area contributed by atoms with Crippen LogP contribution in [-0.4, -0.2) is 25.5 Å². The maximum absolute atomic E-state index is 12.5. The topological polar surface area (TPSA) is 89.8 Å². The molecule has 2 amide bonds. The van der Waals surface area contributed by atoms with E-state index in [1.807, 2.05) is 13.0 Å². The quantitative estimate of drug-likeness (QED) is 0.505. The molecule has 0 unspecified atom stereocenters. The van der Waals surface area contributed by atoms with Crippen LogP contribution >= 0.6 is 0 Å². The van der Waals surface area contributed by atoms with Gasteiger partial charge in [-0.15, -0.1) is 0 Å². The van der Waals surface area contributed by atoms with Gasteiger partial charge < -0.3 is 24.5 Å². The van der Waals surface area contributed by atoms with E-state index in [0.717, 1.165) is 5.56 Å². The Hall–Kier alpha value is -4.00. The summed E-state index contributed by atoms with van der Waals surface area (Å²) in [6.07, 6.45) is 4.61. The van der Waals surface area contributed by atoms with Crippen LogP contribution in [0.1, 0.15) is 28.6 Å².